The van der Waals surface area contributed by atoms with Crippen LogP contribution in [0.2, 0.25) is 0 Å². The van der Waals surface area contributed by atoms with Gasteiger partial charge < -0.3 is 19.8 Å². The molecule has 0 bridgehead atoms. The molecule has 2 aromatic rings. The Hall–Kier alpha value is -2.29. The van der Waals surface area contributed by atoms with Crippen LogP contribution in [0.25, 0.3) is 0 Å². The van der Waals surface area contributed by atoms with Crippen LogP contribution in [0.5, 0.6) is 0 Å². The van der Waals surface area contributed by atoms with Gasteiger partial charge in [0, 0.05) is 19.5 Å². The SMILES string of the molecule is C=C(C)CNC(=NCc1ccc(C(=O)OC)cc1)NCCc1ccco1.I. The molecule has 7 heteroatoms. The van der Waals surface area contributed by atoms with Crippen molar-refractivity contribution in [3.8, 4) is 0 Å². The normalized spacial score (nSPS) is 10.7. The number of methoxy groups -OCH3 is 1. The van der Waals surface area contributed by atoms with Crippen LogP contribution in [0.4, 0.5) is 0 Å². The Morgan fingerprint density at radius 1 is 1.22 bits per heavy atom. The molecule has 0 spiro atoms. The molecule has 1 heterocycles. The number of nitrogens with zero attached hydrogens (tertiary/aromatic N) is 1. The number of hydrogen-bond acceptors (Lipinski definition) is 4. The average Bonchev–Trinajstić information content (AvgIpc) is 3.16. The van der Waals surface area contributed by atoms with E-state index >= 15 is 0 Å². The number of nitrogens with one attached hydrogen (secondary N) is 2. The molecule has 0 saturated carbocycles. The van der Waals surface area contributed by atoms with Gasteiger partial charge in [-0.15, -0.1) is 24.0 Å². The van der Waals surface area contributed by atoms with E-state index in [1.54, 1.807) is 18.4 Å². The van der Waals surface area contributed by atoms with Crippen molar-refractivity contribution in [1.82, 2.24) is 10.6 Å². The number of hydrogen-bond donors (Lipinski definition) is 2. The third kappa shape index (κ3) is 8.29. The Kier molecular flexibility index (Phi) is 10.2. The van der Waals surface area contributed by atoms with Gasteiger partial charge in [0.1, 0.15) is 5.76 Å². The summed E-state index contributed by atoms with van der Waals surface area (Å²) in [5, 5.41) is 6.53. The van der Waals surface area contributed by atoms with Crippen molar-refractivity contribution in [2.45, 2.75) is 19.9 Å². The highest BCUT2D eigenvalue weighted by atomic mass is 127. The smallest absolute Gasteiger partial charge is 0.337 e. The molecular formula is C20H26IN3O3. The monoisotopic (exact) mass is 483 g/mol. The summed E-state index contributed by atoms with van der Waals surface area (Å²) in [4.78, 5) is 16.1. The number of benzene rings is 1. The molecule has 0 unspecified atom stereocenters. The quantitative estimate of drug-likeness (QED) is 0.198. The lowest BCUT2D eigenvalue weighted by atomic mass is 10.1. The molecule has 6 nitrogen and oxygen atoms in total. The van der Waals surface area contributed by atoms with Crippen molar-refractivity contribution in [2.24, 2.45) is 4.99 Å². The lowest BCUT2D eigenvalue weighted by molar-refractivity contribution is 0.0600. The van der Waals surface area contributed by atoms with Crippen molar-refractivity contribution in [1.29, 1.82) is 0 Å². The van der Waals surface area contributed by atoms with Crippen molar-refractivity contribution < 1.29 is 13.9 Å². The molecule has 0 aliphatic rings. The fraction of sp³-hybridized carbons (Fsp3) is 0.300. The van der Waals surface area contributed by atoms with Crippen LogP contribution >= 0.6 is 24.0 Å². The van der Waals surface area contributed by atoms with Gasteiger partial charge in [-0.2, -0.15) is 0 Å². The second kappa shape index (κ2) is 12.2. The van der Waals surface area contributed by atoms with Gasteiger partial charge in [-0.05, 0) is 36.8 Å². The first-order valence-corrected chi connectivity index (χ1v) is 8.44. The van der Waals surface area contributed by atoms with Crippen molar-refractivity contribution >= 4 is 35.9 Å². The van der Waals surface area contributed by atoms with Crippen LogP contribution in [0.1, 0.15) is 28.6 Å². The third-order valence-corrected chi connectivity index (χ3v) is 3.60. The van der Waals surface area contributed by atoms with E-state index in [4.69, 9.17) is 9.15 Å². The molecule has 146 valence electrons. The van der Waals surface area contributed by atoms with E-state index in [0.717, 1.165) is 23.3 Å². The zero-order valence-electron chi connectivity index (χ0n) is 15.7. The predicted octanol–water partition coefficient (Wildman–Crippen LogP) is 3.54. The number of carbonyl (C=O) groups excluding carboxylic acids is 1. The lowest BCUT2D eigenvalue weighted by Gasteiger charge is -2.12. The molecule has 27 heavy (non-hydrogen) atoms. The molecular weight excluding hydrogens is 457 g/mol. The van der Waals surface area contributed by atoms with Gasteiger partial charge in [0.05, 0.1) is 25.5 Å². The van der Waals surface area contributed by atoms with E-state index in [2.05, 4.69) is 22.2 Å². The van der Waals surface area contributed by atoms with E-state index in [-0.39, 0.29) is 29.9 Å². The number of ether oxygens (including phenoxy) is 1. The van der Waals surface area contributed by atoms with Crippen molar-refractivity contribution in [3.05, 3.63) is 71.7 Å². The largest absolute Gasteiger partial charge is 0.469 e. The Labute approximate surface area is 177 Å². The van der Waals surface area contributed by atoms with Gasteiger partial charge in [-0.3, -0.25) is 0 Å². The minimum Gasteiger partial charge on any atom is -0.469 e. The molecule has 0 fully saturated rings. The van der Waals surface area contributed by atoms with E-state index in [0.29, 0.717) is 31.2 Å². The van der Waals surface area contributed by atoms with Crippen LogP contribution in [0, 0.1) is 0 Å². The highest BCUT2D eigenvalue weighted by Gasteiger charge is 2.05. The number of aliphatic imine (C=N–C) groups is 1. The highest BCUT2D eigenvalue weighted by molar-refractivity contribution is 14.0. The summed E-state index contributed by atoms with van der Waals surface area (Å²) >= 11 is 0. The van der Waals surface area contributed by atoms with Gasteiger partial charge in [-0.1, -0.05) is 24.3 Å². The molecule has 1 aromatic carbocycles. The van der Waals surface area contributed by atoms with E-state index in [9.17, 15) is 4.79 Å². The summed E-state index contributed by atoms with van der Waals surface area (Å²) in [6.07, 6.45) is 2.44. The third-order valence-electron chi connectivity index (χ3n) is 3.60. The fourth-order valence-corrected chi connectivity index (χ4v) is 2.20. The summed E-state index contributed by atoms with van der Waals surface area (Å²) in [7, 11) is 1.37. The second-order valence-electron chi connectivity index (χ2n) is 5.92. The van der Waals surface area contributed by atoms with Crippen molar-refractivity contribution in [2.75, 3.05) is 20.2 Å². The topological polar surface area (TPSA) is 75.9 Å². The molecule has 2 N–H and O–H groups in total. The number of rotatable bonds is 8. The number of furan rings is 1. The van der Waals surface area contributed by atoms with E-state index in [1.165, 1.54) is 7.11 Å². The van der Waals surface area contributed by atoms with Crippen LogP contribution in [0.3, 0.4) is 0 Å². The van der Waals surface area contributed by atoms with E-state index in [1.807, 2.05) is 31.2 Å². The average molecular weight is 483 g/mol. The first-order valence-electron chi connectivity index (χ1n) is 8.44. The number of halogens is 1. The van der Waals surface area contributed by atoms with Crippen LogP contribution in [-0.2, 0) is 17.7 Å². The van der Waals surface area contributed by atoms with Crippen molar-refractivity contribution in [3.63, 3.8) is 0 Å². The minimum absolute atomic E-state index is 0. The Morgan fingerprint density at radius 2 is 1.96 bits per heavy atom. The van der Waals surface area contributed by atoms with Gasteiger partial charge in [0.15, 0.2) is 5.96 Å². The molecule has 0 radical (unpaired) electrons. The number of esters is 1. The standard InChI is InChI=1S/C20H25N3O3.HI/c1-15(2)13-22-20(21-11-10-18-5-4-12-26-18)23-14-16-6-8-17(9-7-16)19(24)25-3;/h4-9,12H,1,10-11,13-14H2,2-3H3,(H2,21,22,23);1H. The summed E-state index contributed by atoms with van der Waals surface area (Å²) in [5.41, 5.74) is 2.55. The van der Waals surface area contributed by atoms with Gasteiger partial charge in [-0.25, -0.2) is 9.79 Å². The number of guanidine groups is 1. The first kappa shape index (κ1) is 22.8. The maximum Gasteiger partial charge on any atom is 0.337 e. The first-order chi connectivity index (χ1) is 12.6. The molecule has 0 amide bonds. The summed E-state index contributed by atoms with van der Waals surface area (Å²) in [6, 6.07) is 11.0. The van der Waals surface area contributed by atoms with Gasteiger partial charge in [0.25, 0.3) is 0 Å². The van der Waals surface area contributed by atoms with E-state index < -0.39 is 0 Å². The molecule has 0 aliphatic carbocycles. The maximum absolute atomic E-state index is 11.5. The summed E-state index contributed by atoms with van der Waals surface area (Å²) in [5.74, 6) is 1.29. The molecule has 0 saturated heterocycles. The molecule has 0 atom stereocenters. The molecule has 0 aliphatic heterocycles. The number of carbonyl (C=O) groups is 1. The van der Waals surface area contributed by atoms with Gasteiger partial charge in [0.2, 0.25) is 0 Å². The Bertz CT molecular complexity index is 740. The Morgan fingerprint density at radius 3 is 2.56 bits per heavy atom. The minimum atomic E-state index is -0.344. The predicted molar refractivity (Wildman–Crippen MR) is 118 cm³/mol. The lowest BCUT2D eigenvalue weighted by Crippen LogP contribution is -2.39. The van der Waals surface area contributed by atoms with Crippen LogP contribution in [0.15, 0.2) is 64.2 Å². The van der Waals surface area contributed by atoms with Crippen LogP contribution < -0.4 is 10.6 Å². The zero-order chi connectivity index (χ0) is 18.8. The Balaban J connectivity index is 0.00000364. The second-order valence-corrected chi connectivity index (χ2v) is 5.92. The summed E-state index contributed by atoms with van der Waals surface area (Å²) < 4.78 is 10.0. The maximum atomic E-state index is 11.5. The van der Waals surface area contributed by atoms with Crippen LogP contribution in [-0.4, -0.2) is 32.1 Å². The molecule has 2 rings (SSSR count). The fourth-order valence-electron chi connectivity index (χ4n) is 2.20. The summed E-state index contributed by atoms with van der Waals surface area (Å²) in [6.45, 7) is 7.70. The van der Waals surface area contributed by atoms with Gasteiger partial charge >= 0.3 is 5.97 Å². The zero-order valence-corrected chi connectivity index (χ0v) is 18.0. The molecule has 1 aromatic heterocycles. The highest BCUT2D eigenvalue weighted by Crippen LogP contribution is 2.07.